The highest BCUT2D eigenvalue weighted by atomic mass is 79.9. The first kappa shape index (κ1) is 17.0. The first-order valence-electron chi connectivity index (χ1n) is 7.07. The number of carbonyl (C=O) groups is 2. The summed E-state index contributed by atoms with van der Waals surface area (Å²) in [6.45, 7) is 3.45. The number of halogens is 1. The molecule has 0 aromatic heterocycles. The summed E-state index contributed by atoms with van der Waals surface area (Å²) < 4.78 is 0.952. The normalized spacial score (nSPS) is 10.6. The number of nitrogens with one attached hydrogen (secondary N) is 2. The van der Waals surface area contributed by atoms with Gasteiger partial charge in [0.15, 0.2) is 0 Å². The summed E-state index contributed by atoms with van der Waals surface area (Å²) in [7, 11) is 0. The molecule has 2 aromatic rings. The summed E-state index contributed by atoms with van der Waals surface area (Å²) in [5, 5.41) is 5.50. The van der Waals surface area contributed by atoms with Gasteiger partial charge >= 0.3 is 0 Å². The maximum atomic E-state index is 11.9. The predicted octanol–water partition coefficient (Wildman–Crippen LogP) is 4.37. The molecule has 0 unspecified atom stereocenters. The summed E-state index contributed by atoms with van der Waals surface area (Å²) in [4.78, 5) is 22.9. The Morgan fingerprint density at radius 1 is 1.00 bits per heavy atom. The van der Waals surface area contributed by atoms with Gasteiger partial charge in [-0.2, -0.15) is 0 Å². The van der Waals surface area contributed by atoms with Crippen molar-refractivity contribution in [2.24, 2.45) is 0 Å². The van der Waals surface area contributed by atoms with Crippen LogP contribution in [0.3, 0.4) is 0 Å². The van der Waals surface area contributed by atoms with Gasteiger partial charge in [0.2, 0.25) is 11.8 Å². The Bertz CT molecular complexity index is 752. The Balaban J connectivity index is 1.97. The minimum atomic E-state index is -0.202. The van der Waals surface area contributed by atoms with Crippen LogP contribution in [-0.4, -0.2) is 11.8 Å². The van der Waals surface area contributed by atoms with E-state index in [1.165, 1.54) is 13.0 Å². The van der Waals surface area contributed by atoms with Crippen molar-refractivity contribution in [1.82, 2.24) is 0 Å². The third-order valence-electron chi connectivity index (χ3n) is 3.10. The molecule has 2 rings (SSSR count). The van der Waals surface area contributed by atoms with E-state index in [2.05, 4.69) is 26.6 Å². The first-order valence-corrected chi connectivity index (χ1v) is 7.86. The quantitative estimate of drug-likeness (QED) is 0.782. The Morgan fingerprint density at radius 3 is 2.26 bits per heavy atom. The lowest BCUT2D eigenvalue weighted by atomic mass is 10.2. The molecule has 0 heterocycles. The topological polar surface area (TPSA) is 58.2 Å². The van der Waals surface area contributed by atoms with Crippen molar-refractivity contribution in [3.05, 3.63) is 64.1 Å². The van der Waals surface area contributed by atoms with Gasteiger partial charge in [-0.25, -0.2) is 0 Å². The maximum Gasteiger partial charge on any atom is 0.248 e. The van der Waals surface area contributed by atoms with Crippen LogP contribution in [0.4, 0.5) is 11.4 Å². The summed E-state index contributed by atoms with van der Waals surface area (Å²) in [6, 6.07) is 12.9. The largest absolute Gasteiger partial charge is 0.326 e. The molecule has 23 heavy (non-hydrogen) atoms. The fourth-order valence-corrected chi connectivity index (χ4v) is 2.29. The number of anilines is 2. The van der Waals surface area contributed by atoms with Crippen molar-refractivity contribution in [2.75, 3.05) is 10.6 Å². The van der Waals surface area contributed by atoms with Gasteiger partial charge in [-0.05, 0) is 48.4 Å². The zero-order valence-corrected chi connectivity index (χ0v) is 14.5. The van der Waals surface area contributed by atoms with Crippen LogP contribution in [0.5, 0.6) is 0 Å². The van der Waals surface area contributed by atoms with Crippen LogP contribution in [0.2, 0.25) is 0 Å². The Labute approximate surface area is 143 Å². The van der Waals surface area contributed by atoms with Crippen molar-refractivity contribution in [1.29, 1.82) is 0 Å². The molecule has 2 N–H and O–H groups in total. The molecule has 0 fully saturated rings. The van der Waals surface area contributed by atoms with Crippen LogP contribution in [0.25, 0.3) is 6.08 Å². The van der Waals surface area contributed by atoms with E-state index in [1.54, 1.807) is 18.2 Å². The van der Waals surface area contributed by atoms with Crippen LogP contribution in [-0.2, 0) is 9.59 Å². The average molecular weight is 373 g/mol. The number of hydrogen-bond acceptors (Lipinski definition) is 2. The highest BCUT2D eigenvalue weighted by Gasteiger charge is 2.01. The molecule has 4 nitrogen and oxygen atoms in total. The molecule has 0 aliphatic heterocycles. The van der Waals surface area contributed by atoms with Crippen LogP contribution in [0, 0.1) is 6.92 Å². The van der Waals surface area contributed by atoms with Crippen molar-refractivity contribution in [2.45, 2.75) is 13.8 Å². The van der Waals surface area contributed by atoms with Gasteiger partial charge in [0, 0.05) is 28.8 Å². The molecule has 0 saturated carbocycles. The number of benzene rings is 2. The van der Waals surface area contributed by atoms with Gasteiger partial charge in [-0.15, -0.1) is 0 Å². The van der Waals surface area contributed by atoms with Gasteiger partial charge < -0.3 is 10.6 Å². The van der Waals surface area contributed by atoms with E-state index in [0.29, 0.717) is 0 Å². The number of hydrogen-bond donors (Lipinski definition) is 2. The van der Waals surface area contributed by atoms with Crippen molar-refractivity contribution < 1.29 is 9.59 Å². The molecule has 5 heteroatoms. The summed E-state index contributed by atoms with van der Waals surface area (Å²) in [5.74, 6) is -0.316. The second kappa shape index (κ2) is 7.74. The van der Waals surface area contributed by atoms with E-state index in [4.69, 9.17) is 0 Å². The van der Waals surface area contributed by atoms with Gasteiger partial charge in [-0.1, -0.05) is 34.1 Å². The van der Waals surface area contributed by atoms with Crippen molar-refractivity contribution in [3.8, 4) is 0 Å². The molecular formula is C18H17BrN2O2. The van der Waals surface area contributed by atoms with Crippen molar-refractivity contribution >= 4 is 45.2 Å². The minimum Gasteiger partial charge on any atom is -0.326 e. The second-order valence-corrected chi connectivity index (χ2v) is 5.94. The van der Waals surface area contributed by atoms with E-state index in [1.807, 2.05) is 37.3 Å². The predicted molar refractivity (Wildman–Crippen MR) is 97.3 cm³/mol. The van der Waals surface area contributed by atoms with Crippen LogP contribution >= 0.6 is 15.9 Å². The second-order valence-electron chi connectivity index (χ2n) is 5.09. The van der Waals surface area contributed by atoms with Gasteiger partial charge in [0.05, 0.1) is 0 Å². The minimum absolute atomic E-state index is 0.114. The molecule has 0 radical (unpaired) electrons. The number of carbonyl (C=O) groups excluding carboxylic acids is 2. The molecular weight excluding hydrogens is 356 g/mol. The van der Waals surface area contributed by atoms with Gasteiger partial charge in [-0.3, -0.25) is 9.59 Å². The zero-order valence-electron chi connectivity index (χ0n) is 12.9. The third kappa shape index (κ3) is 5.38. The fraction of sp³-hybridized carbons (Fsp3) is 0.111. The summed E-state index contributed by atoms with van der Waals surface area (Å²) in [5.41, 5.74) is 3.44. The monoisotopic (exact) mass is 372 g/mol. The molecule has 118 valence electrons. The lowest BCUT2D eigenvalue weighted by molar-refractivity contribution is -0.114. The zero-order chi connectivity index (χ0) is 16.8. The number of amides is 2. The fourth-order valence-electron chi connectivity index (χ4n) is 1.91. The van der Waals surface area contributed by atoms with E-state index in [0.717, 1.165) is 27.0 Å². The Morgan fingerprint density at radius 2 is 1.65 bits per heavy atom. The van der Waals surface area contributed by atoms with E-state index >= 15 is 0 Å². The molecule has 2 amide bonds. The van der Waals surface area contributed by atoms with Crippen LogP contribution in [0.15, 0.2) is 53.0 Å². The SMILES string of the molecule is CC(=O)Nc1ccc(C=CC(=O)Nc2ccc(C)c(Br)c2)cc1. The number of aryl methyl sites for hydroxylation is 1. The first-order chi connectivity index (χ1) is 10.9. The summed E-state index contributed by atoms with van der Waals surface area (Å²) >= 11 is 3.44. The molecule has 0 atom stereocenters. The lowest BCUT2D eigenvalue weighted by Crippen LogP contribution is -2.07. The molecule has 2 aromatic carbocycles. The average Bonchev–Trinajstić information content (AvgIpc) is 2.50. The maximum absolute atomic E-state index is 11.9. The van der Waals surface area contributed by atoms with Crippen LogP contribution in [0.1, 0.15) is 18.1 Å². The van der Waals surface area contributed by atoms with E-state index in [-0.39, 0.29) is 11.8 Å². The molecule has 0 saturated heterocycles. The third-order valence-corrected chi connectivity index (χ3v) is 3.95. The van der Waals surface area contributed by atoms with E-state index in [9.17, 15) is 9.59 Å². The molecule has 0 spiro atoms. The lowest BCUT2D eigenvalue weighted by Gasteiger charge is -2.05. The number of rotatable bonds is 4. The highest BCUT2D eigenvalue weighted by molar-refractivity contribution is 9.10. The van der Waals surface area contributed by atoms with Gasteiger partial charge in [0.1, 0.15) is 0 Å². The summed E-state index contributed by atoms with van der Waals surface area (Å²) in [6.07, 6.45) is 3.19. The Kier molecular flexibility index (Phi) is 5.71. The van der Waals surface area contributed by atoms with Crippen molar-refractivity contribution in [3.63, 3.8) is 0 Å². The Hall–Kier alpha value is -2.40. The standard InChI is InChI=1S/C18H17BrN2O2/c1-12-3-7-16(11-17(12)19)21-18(23)10-6-14-4-8-15(9-5-14)20-13(2)22/h3-11H,1-2H3,(H,20,22)(H,21,23). The molecule has 0 bridgehead atoms. The highest BCUT2D eigenvalue weighted by Crippen LogP contribution is 2.20. The van der Waals surface area contributed by atoms with Gasteiger partial charge in [0.25, 0.3) is 0 Å². The van der Waals surface area contributed by atoms with E-state index < -0.39 is 0 Å². The van der Waals surface area contributed by atoms with Crippen LogP contribution < -0.4 is 10.6 Å². The molecule has 0 aliphatic carbocycles. The molecule has 0 aliphatic rings. The smallest absolute Gasteiger partial charge is 0.248 e.